The maximum absolute atomic E-state index is 13.8. The lowest BCUT2D eigenvalue weighted by Crippen LogP contribution is -2.50. The lowest BCUT2D eigenvalue weighted by molar-refractivity contribution is -0.129. The van der Waals surface area contributed by atoms with E-state index >= 15 is 0 Å². The molecule has 4 rings (SSSR count). The van der Waals surface area contributed by atoms with Crippen molar-refractivity contribution in [1.29, 1.82) is 0 Å². The third-order valence-electron chi connectivity index (χ3n) is 5.19. The summed E-state index contributed by atoms with van der Waals surface area (Å²) in [6.07, 6.45) is 2.32. The molecule has 0 radical (unpaired) electrons. The van der Waals surface area contributed by atoms with Crippen LogP contribution in [0, 0.1) is 5.82 Å². The van der Waals surface area contributed by atoms with Crippen LogP contribution in [-0.2, 0) is 4.79 Å². The van der Waals surface area contributed by atoms with Gasteiger partial charge in [0.25, 0.3) is 5.91 Å². The molecule has 1 spiro atoms. The molecule has 3 aliphatic rings. The number of likely N-dealkylation sites (tertiary alicyclic amines) is 1. The standard InChI is InChI=1S/C17H19FN4O3/c1-21-14(23)17(20-16(21)25)6-7-22(9-17)15(24)19-11-4-5-13(18)12(8-11)10-2-3-10/h4-5,8,10H,2-3,6-7,9H2,1H3,(H,19,24)(H,20,25). The van der Waals surface area contributed by atoms with E-state index in [0.717, 1.165) is 17.7 Å². The number of benzene rings is 1. The largest absolute Gasteiger partial charge is 0.324 e. The van der Waals surface area contributed by atoms with Crippen LogP contribution in [0.2, 0.25) is 0 Å². The Morgan fingerprint density at radius 3 is 2.76 bits per heavy atom. The number of carbonyl (C=O) groups is 3. The highest BCUT2D eigenvalue weighted by Gasteiger charge is 2.54. The zero-order valence-electron chi connectivity index (χ0n) is 13.8. The summed E-state index contributed by atoms with van der Waals surface area (Å²) in [5.41, 5.74) is 0.147. The second kappa shape index (κ2) is 5.44. The number of nitrogens with one attached hydrogen (secondary N) is 2. The van der Waals surface area contributed by atoms with E-state index < -0.39 is 11.6 Å². The van der Waals surface area contributed by atoms with Crippen LogP contribution in [0.4, 0.5) is 19.7 Å². The first-order valence-corrected chi connectivity index (χ1v) is 8.35. The van der Waals surface area contributed by atoms with Crippen molar-refractivity contribution in [3.05, 3.63) is 29.6 Å². The van der Waals surface area contributed by atoms with Crippen molar-refractivity contribution in [2.45, 2.75) is 30.7 Å². The molecular formula is C17H19FN4O3. The molecule has 1 aromatic carbocycles. The minimum atomic E-state index is -1.02. The fourth-order valence-electron chi connectivity index (χ4n) is 3.55. The van der Waals surface area contributed by atoms with Crippen molar-refractivity contribution >= 4 is 23.7 Å². The molecule has 2 N–H and O–H groups in total. The number of carbonyl (C=O) groups excluding carboxylic acids is 3. The molecule has 7 nitrogen and oxygen atoms in total. The van der Waals surface area contributed by atoms with E-state index in [0.29, 0.717) is 24.2 Å². The predicted molar refractivity (Wildman–Crippen MR) is 87.6 cm³/mol. The summed E-state index contributed by atoms with van der Waals surface area (Å²) in [6.45, 7) is 0.493. The number of amides is 5. The molecule has 2 aliphatic heterocycles. The maximum atomic E-state index is 13.8. The van der Waals surface area contributed by atoms with Gasteiger partial charge in [-0.05, 0) is 48.9 Å². The second-order valence-corrected chi connectivity index (χ2v) is 6.99. The first kappa shape index (κ1) is 15.9. The predicted octanol–water partition coefficient (Wildman–Crippen LogP) is 1.86. The van der Waals surface area contributed by atoms with E-state index in [1.165, 1.54) is 24.1 Å². The van der Waals surface area contributed by atoms with Gasteiger partial charge >= 0.3 is 12.1 Å². The highest BCUT2D eigenvalue weighted by atomic mass is 19.1. The Hall–Kier alpha value is -2.64. The van der Waals surface area contributed by atoms with Crippen LogP contribution in [0.5, 0.6) is 0 Å². The van der Waals surface area contributed by atoms with Crippen molar-refractivity contribution in [3.63, 3.8) is 0 Å². The van der Waals surface area contributed by atoms with Gasteiger partial charge in [-0.2, -0.15) is 0 Å². The van der Waals surface area contributed by atoms with E-state index in [9.17, 15) is 18.8 Å². The monoisotopic (exact) mass is 346 g/mol. The van der Waals surface area contributed by atoms with Crippen LogP contribution in [0.1, 0.15) is 30.7 Å². The van der Waals surface area contributed by atoms with E-state index in [2.05, 4.69) is 10.6 Å². The summed E-state index contributed by atoms with van der Waals surface area (Å²) < 4.78 is 13.8. The van der Waals surface area contributed by atoms with Crippen LogP contribution in [-0.4, -0.2) is 53.4 Å². The highest BCUT2D eigenvalue weighted by molar-refractivity contribution is 6.07. The maximum Gasteiger partial charge on any atom is 0.324 e. The molecule has 25 heavy (non-hydrogen) atoms. The Morgan fingerprint density at radius 2 is 2.12 bits per heavy atom. The SMILES string of the molecule is CN1C(=O)NC2(CCN(C(=O)Nc3ccc(F)c(C4CC4)c3)C2)C1=O. The van der Waals surface area contributed by atoms with E-state index in [-0.39, 0.29) is 30.2 Å². The third-order valence-corrected chi connectivity index (χ3v) is 5.19. The molecule has 1 aliphatic carbocycles. The van der Waals surface area contributed by atoms with Gasteiger partial charge < -0.3 is 15.5 Å². The number of imide groups is 1. The minimum absolute atomic E-state index is 0.129. The number of likely N-dealkylation sites (N-methyl/N-ethyl adjacent to an activating group) is 1. The van der Waals surface area contributed by atoms with Crippen LogP contribution in [0.15, 0.2) is 18.2 Å². The van der Waals surface area contributed by atoms with Gasteiger partial charge in [0, 0.05) is 19.3 Å². The quantitative estimate of drug-likeness (QED) is 0.802. The van der Waals surface area contributed by atoms with Gasteiger partial charge in [0.05, 0.1) is 6.54 Å². The van der Waals surface area contributed by atoms with Crippen molar-refractivity contribution in [2.24, 2.45) is 0 Å². The summed E-state index contributed by atoms with van der Waals surface area (Å²) in [7, 11) is 1.42. The van der Waals surface area contributed by atoms with Crippen molar-refractivity contribution < 1.29 is 18.8 Å². The van der Waals surface area contributed by atoms with Gasteiger partial charge in [0.1, 0.15) is 11.4 Å². The van der Waals surface area contributed by atoms with Crippen molar-refractivity contribution in [1.82, 2.24) is 15.1 Å². The summed E-state index contributed by atoms with van der Waals surface area (Å²) >= 11 is 0. The number of hydrogen-bond acceptors (Lipinski definition) is 3. The first-order chi connectivity index (χ1) is 11.9. The van der Waals surface area contributed by atoms with Crippen LogP contribution >= 0.6 is 0 Å². The molecule has 5 amide bonds. The fourth-order valence-corrected chi connectivity index (χ4v) is 3.55. The number of halogens is 1. The van der Waals surface area contributed by atoms with Gasteiger partial charge in [-0.25, -0.2) is 14.0 Å². The van der Waals surface area contributed by atoms with Crippen molar-refractivity contribution in [3.8, 4) is 0 Å². The Labute approximate surface area is 144 Å². The van der Waals surface area contributed by atoms with Gasteiger partial charge in [0.2, 0.25) is 0 Å². The summed E-state index contributed by atoms with van der Waals surface area (Å²) in [4.78, 5) is 39.0. The van der Waals surface area contributed by atoms with Gasteiger partial charge in [-0.3, -0.25) is 9.69 Å². The Kier molecular flexibility index (Phi) is 3.45. The molecule has 132 valence electrons. The zero-order valence-corrected chi connectivity index (χ0v) is 13.8. The lowest BCUT2D eigenvalue weighted by atomic mass is 9.99. The molecule has 2 heterocycles. The average Bonchev–Trinajstić information content (AvgIpc) is 3.31. The summed E-state index contributed by atoms with van der Waals surface area (Å²) in [5, 5.41) is 5.44. The average molecular weight is 346 g/mol. The Bertz CT molecular complexity index is 779. The van der Waals surface area contributed by atoms with Crippen LogP contribution in [0.3, 0.4) is 0 Å². The smallest absolute Gasteiger partial charge is 0.322 e. The number of hydrogen-bond donors (Lipinski definition) is 2. The normalized spacial score (nSPS) is 25.7. The van der Waals surface area contributed by atoms with E-state index in [1.54, 1.807) is 6.07 Å². The fraction of sp³-hybridized carbons (Fsp3) is 0.471. The Balaban J connectivity index is 1.45. The van der Waals surface area contributed by atoms with Crippen LogP contribution in [0.25, 0.3) is 0 Å². The zero-order chi connectivity index (χ0) is 17.8. The lowest BCUT2D eigenvalue weighted by Gasteiger charge is -2.22. The number of nitrogens with zero attached hydrogens (tertiary/aromatic N) is 2. The van der Waals surface area contributed by atoms with Gasteiger partial charge in [-0.1, -0.05) is 0 Å². The second-order valence-electron chi connectivity index (χ2n) is 6.99. The third kappa shape index (κ3) is 2.61. The van der Waals surface area contributed by atoms with Crippen molar-refractivity contribution in [2.75, 3.05) is 25.5 Å². The number of rotatable bonds is 2. The van der Waals surface area contributed by atoms with E-state index in [1.807, 2.05) is 0 Å². The van der Waals surface area contributed by atoms with Gasteiger partial charge in [0.15, 0.2) is 0 Å². The van der Waals surface area contributed by atoms with E-state index in [4.69, 9.17) is 0 Å². The first-order valence-electron chi connectivity index (χ1n) is 8.35. The molecule has 1 unspecified atom stereocenters. The summed E-state index contributed by atoms with van der Waals surface area (Å²) in [6, 6.07) is 3.76. The molecule has 3 fully saturated rings. The summed E-state index contributed by atoms with van der Waals surface area (Å²) in [5.74, 6) is -0.317. The highest BCUT2D eigenvalue weighted by Crippen LogP contribution is 2.42. The molecule has 1 aromatic rings. The number of urea groups is 2. The molecular weight excluding hydrogens is 327 g/mol. The topological polar surface area (TPSA) is 81.8 Å². The minimum Gasteiger partial charge on any atom is -0.322 e. The van der Waals surface area contributed by atoms with Crippen LogP contribution < -0.4 is 10.6 Å². The molecule has 0 aromatic heterocycles. The molecule has 1 saturated carbocycles. The molecule has 1 atom stereocenters. The Morgan fingerprint density at radius 1 is 1.36 bits per heavy atom. The number of anilines is 1. The van der Waals surface area contributed by atoms with Gasteiger partial charge in [-0.15, -0.1) is 0 Å². The molecule has 0 bridgehead atoms. The molecule has 2 saturated heterocycles. The molecule has 8 heteroatoms.